The monoisotopic (exact) mass is 263 g/mol. The number of likely N-dealkylation sites (N-methyl/N-ethyl adjacent to an activating group) is 1. The maximum atomic E-state index is 4.07. The summed E-state index contributed by atoms with van der Waals surface area (Å²) in [6.07, 6.45) is 6.16. The highest BCUT2D eigenvalue weighted by Gasteiger charge is 2.13. The van der Waals surface area contributed by atoms with Gasteiger partial charge in [0.15, 0.2) is 0 Å². The van der Waals surface area contributed by atoms with E-state index < -0.39 is 0 Å². The van der Waals surface area contributed by atoms with Crippen molar-refractivity contribution in [1.29, 1.82) is 0 Å². The van der Waals surface area contributed by atoms with Crippen molar-refractivity contribution < 1.29 is 0 Å². The molecule has 1 rings (SSSR count). The molecule has 0 radical (unpaired) electrons. The minimum Gasteiger partial charge on any atom is -0.312 e. The summed E-state index contributed by atoms with van der Waals surface area (Å²) in [4.78, 5) is 6.58. The van der Waals surface area contributed by atoms with Gasteiger partial charge in [-0.25, -0.2) is 0 Å². The van der Waals surface area contributed by atoms with Crippen LogP contribution < -0.4 is 5.32 Å². The standard InChI is InChI=1S/C16H29N3/c1-5-16(6-2)18-12-14(4)19(7-3)13-15-8-10-17-11-9-15/h8-11,14,16,18H,5-7,12-13H2,1-4H3. The van der Waals surface area contributed by atoms with Crippen molar-refractivity contribution >= 4 is 0 Å². The molecule has 0 spiro atoms. The predicted octanol–water partition coefficient (Wildman–Crippen LogP) is 3.07. The van der Waals surface area contributed by atoms with E-state index in [0.29, 0.717) is 12.1 Å². The third kappa shape index (κ3) is 5.70. The lowest BCUT2D eigenvalue weighted by atomic mass is 10.1. The zero-order valence-electron chi connectivity index (χ0n) is 12.9. The molecule has 0 bridgehead atoms. The molecule has 0 amide bonds. The average Bonchev–Trinajstić information content (AvgIpc) is 2.46. The average molecular weight is 263 g/mol. The zero-order chi connectivity index (χ0) is 14.1. The maximum absolute atomic E-state index is 4.07. The van der Waals surface area contributed by atoms with E-state index in [1.54, 1.807) is 0 Å². The molecule has 0 fully saturated rings. The Morgan fingerprint density at radius 1 is 1.16 bits per heavy atom. The molecule has 1 heterocycles. The number of pyridine rings is 1. The smallest absolute Gasteiger partial charge is 0.0271 e. The highest BCUT2D eigenvalue weighted by atomic mass is 15.2. The van der Waals surface area contributed by atoms with Gasteiger partial charge >= 0.3 is 0 Å². The lowest BCUT2D eigenvalue weighted by molar-refractivity contribution is 0.201. The van der Waals surface area contributed by atoms with Crippen LogP contribution >= 0.6 is 0 Å². The SMILES string of the molecule is CCC(CC)NCC(C)N(CC)Cc1ccncc1. The number of rotatable bonds is 9. The molecule has 1 unspecified atom stereocenters. The van der Waals surface area contributed by atoms with Crippen molar-refractivity contribution in [2.75, 3.05) is 13.1 Å². The second-order valence-electron chi connectivity index (χ2n) is 5.19. The fourth-order valence-corrected chi connectivity index (χ4v) is 2.35. The van der Waals surface area contributed by atoms with Crippen LogP contribution in [0.4, 0.5) is 0 Å². The van der Waals surface area contributed by atoms with Gasteiger partial charge in [0.25, 0.3) is 0 Å². The maximum Gasteiger partial charge on any atom is 0.0271 e. The van der Waals surface area contributed by atoms with Gasteiger partial charge in [0, 0.05) is 37.6 Å². The van der Waals surface area contributed by atoms with Crippen LogP contribution in [0.1, 0.15) is 46.1 Å². The third-order valence-electron chi connectivity index (χ3n) is 3.85. The van der Waals surface area contributed by atoms with Crippen LogP contribution in [-0.2, 0) is 6.54 Å². The second-order valence-corrected chi connectivity index (χ2v) is 5.19. The summed E-state index contributed by atoms with van der Waals surface area (Å²) in [5.41, 5.74) is 1.34. The summed E-state index contributed by atoms with van der Waals surface area (Å²) >= 11 is 0. The van der Waals surface area contributed by atoms with Crippen LogP contribution in [0.5, 0.6) is 0 Å². The van der Waals surface area contributed by atoms with Gasteiger partial charge < -0.3 is 5.32 Å². The van der Waals surface area contributed by atoms with Crippen molar-refractivity contribution in [3.8, 4) is 0 Å². The molecule has 0 aliphatic carbocycles. The first-order chi connectivity index (χ1) is 9.21. The Balaban J connectivity index is 2.45. The van der Waals surface area contributed by atoms with Crippen LogP contribution in [0.25, 0.3) is 0 Å². The van der Waals surface area contributed by atoms with Gasteiger partial charge in [-0.2, -0.15) is 0 Å². The van der Waals surface area contributed by atoms with E-state index in [4.69, 9.17) is 0 Å². The van der Waals surface area contributed by atoms with Gasteiger partial charge in [-0.15, -0.1) is 0 Å². The van der Waals surface area contributed by atoms with Gasteiger partial charge in [0.1, 0.15) is 0 Å². The third-order valence-corrected chi connectivity index (χ3v) is 3.85. The summed E-state index contributed by atoms with van der Waals surface area (Å²) in [5, 5.41) is 3.67. The fourth-order valence-electron chi connectivity index (χ4n) is 2.35. The zero-order valence-corrected chi connectivity index (χ0v) is 12.9. The van der Waals surface area contributed by atoms with Crippen molar-refractivity contribution in [3.05, 3.63) is 30.1 Å². The minimum atomic E-state index is 0.554. The first kappa shape index (κ1) is 16.1. The Kier molecular flexibility index (Phi) is 7.68. The van der Waals surface area contributed by atoms with Gasteiger partial charge in [-0.05, 0) is 44.0 Å². The summed E-state index contributed by atoms with van der Waals surface area (Å²) in [5.74, 6) is 0. The number of hydrogen-bond donors (Lipinski definition) is 1. The van der Waals surface area contributed by atoms with Crippen molar-refractivity contribution in [1.82, 2.24) is 15.2 Å². The molecular weight excluding hydrogens is 234 g/mol. The molecule has 0 saturated carbocycles. The van der Waals surface area contributed by atoms with E-state index in [1.807, 2.05) is 12.4 Å². The van der Waals surface area contributed by atoms with E-state index in [2.05, 4.69) is 55.0 Å². The molecule has 1 atom stereocenters. The minimum absolute atomic E-state index is 0.554. The lowest BCUT2D eigenvalue weighted by Crippen LogP contribution is -2.42. The molecule has 3 nitrogen and oxygen atoms in total. The second kappa shape index (κ2) is 9.05. The molecular formula is C16H29N3. The number of nitrogens with zero attached hydrogens (tertiary/aromatic N) is 2. The number of nitrogens with one attached hydrogen (secondary N) is 1. The highest BCUT2D eigenvalue weighted by molar-refractivity contribution is 5.09. The molecule has 1 N–H and O–H groups in total. The van der Waals surface area contributed by atoms with Crippen LogP contribution in [0.3, 0.4) is 0 Å². The first-order valence-electron chi connectivity index (χ1n) is 7.57. The van der Waals surface area contributed by atoms with Crippen molar-refractivity contribution in [3.63, 3.8) is 0 Å². The van der Waals surface area contributed by atoms with E-state index in [-0.39, 0.29) is 0 Å². The van der Waals surface area contributed by atoms with Crippen LogP contribution in [0.2, 0.25) is 0 Å². The summed E-state index contributed by atoms with van der Waals surface area (Å²) < 4.78 is 0. The Labute approximate surface area is 118 Å². The Hall–Kier alpha value is -0.930. The summed E-state index contributed by atoms with van der Waals surface area (Å²) in [7, 11) is 0. The first-order valence-corrected chi connectivity index (χ1v) is 7.57. The molecule has 1 aromatic heterocycles. The largest absolute Gasteiger partial charge is 0.312 e. The molecule has 0 aliphatic heterocycles. The quantitative estimate of drug-likeness (QED) is 0.742. The predicted molar refractivity (Wildman–Crippen MR) is 82.2 cm³/mol. The molecule has 19 heavy (non-hydrogen) atoms. The Bertz CT molecular complexity index is 322. The molecule has 0 aromatic carbocycles. The summed E-state index contributed by atoms with van der Waals surface area (Å²) in [6, 6.07) is 5.41. The van der Waals surface area contributed by atoms with Crippen molar-refractivity contribution in [2.45, 2.75) is 59.2 Å². The van der Waals surface area contributed by atoms with E-state index in [1.165, 1.54) is 18.4 Å². The van der Waals surface area contributed by atoms with E-state index >= 15 is 0 Å². The number of hydrogen-bond acceptors (Lipinski definition) is 3. The summed E-state index contributed by atoms with van der Waals surface area (Å²) in [6.45, 7) is 12.2. The lowest BCUT2D eigenvalue weighted by Gasteiger charge is -2.29. The van der Waals surface area contributed by atoms with E-state index in [9.17, 15) is 0 Å². The van der Waals surface area contributed by atoms with Gasteiger partial charge in [0.05, 0.1) is 0 Å². The van der Waals surface area contributed by atoms with Crippen LogP contribution in [-0.4, -0.2) is 35.1 Å². The number of aromatic nitrogens is 1. The van der Waals surface area contributed by atoms with Gasteiger partial charge in [-0.1, -0.05) is 20.8 Å². The molecule has 1 aromatic rings. The highest BCUT2D eigenvalue weighted by Crippen LogP contribution is 2.07. The Morgan fingerprint density at radius 2 is 1.79 bits per heavy atom. The van der Waals surface area contributed by atoms with Gasteiger partial charge in [0.2, 0.25) is 0 Å². The van der Waals surface area contributed by atoms with Crippen LogP contribution in [0, 0.1) is 0 Å². The molecule has 0 aliphatic rings. The Morgan fingerprint density at radius 3 is 2.32 bits per heavy atom. The molecule has 3 heteroatoms. The normalized spacial score (nSPS) is 13.2. The van der Waals surface area contributed by atoms with Gasteiger partial charge in [-0.3, -0.25) is 9.88 Å². The van der Waals surface area contributed by atoms with E-state index in [0.717, 1.165) is 19.6 Å². The molecule has 0 saturated heterocycles. The molecule has 108 valence electrons. The van der Waals surface area contributed by atoms with Crippen molar-refractivity contribution in [2.24, 2.45) is 0 Å². The topological polar surface area (TPSA) is 28.2 Å². The van der Waals surface area contributed by atoms with Crippen LogP contribution in [0.15, 0.2) is 24.5 Å². The fraction of sp³-hybridized carbons (Fsp3) is 0.688.